The van der Waals surface area contributed by atoms with Crippen molar-refractivity contribution in [3.05, 3.63) is 155 Å². The highest BCUT2D eigenvalue weighted by Crippen LogP contribution is 2.46. The zero-order valence-corrected chi connectivity index (χ0v) is 49.7. The summed E-state index contributed by atoms with van der Waals surface area (Å²) in [5, 5.41) is 9.58. The van der Waals surface area contributed by atoms with Crippen molar-refractivity contribution in [3.8, 4) is 73.8 Å². The van der Waals surface area contributed by atoms with Gasteiger partial charge in [0.15, 0.2) is 0 Å². The lowest BCUT2D eigenvalue weighted by Crippen LogP contribution is -1.99. The molecule has 0 amide bonds. The third-order valence-corrected chi connectivity index (χ3v) is 21.0. The minimum Gasteiger partial charge on any atom is -0.172 e. The molecular weight excluding hydrogens is 1070 g/mol. The van der Waals surface area contributed by atoms with E-state index in [-0.39, 0.29) is 0 Å². The van der Waals surface area contributed by atoms with Crippen molar-refractivity contribution in [2.75, 3.05) is 0 Å². The molecule has 4 nitrogen and oxygen atoms in total. The summed E-state index contributed by atoms with van der Waals surface area (Å²) in [5.74, 6) is 0. The zero-order chi connectivity index (χ0) is 52.6. The van der Waals surface area contributed by atoms with Gasteiger partial charge in [-0.15, -0.1) is 45.3 Å². The van der Waals surface area contributed by atoms with Crippen molar-refractivity contribution in [2.45, 2.75) is 129 Å². The van der Waals surface area contributed by atoms with Gasteiger partial charge in [-0.25, -0.2) is 0 Å². The number of aromatic nitrogens is 4. The molecule has 0 aliphatic carbocycles. The first-order valence-corrected chi connectivity index (χ1v) is 33.4. The summed E-state index contributed by atoms with van der Waals surface area (Å²) in [6.07, 6.45) is 23.2. The first kappa shape index (κ1) is 53.0. The molecule has 0 saturated carbocycles. The van der Waals surface area contributed by atoms with E-state index >= 15 is 0 Å². The van der Waals surface area contributed by atoms with Crippen molar-refractivity contribution in [1.29, 1.82) is 0 Å². The van der Waals surface area contributed by atoms with Crippen molar-refractivity contribution < 1.29 is 0 Å². The van der Waals surface area contributed by atoms with Crippen LogP contribution in [0.2, 0.25) is 0 Å². The molecule has 0 saturated heterocycles. The third-order valence-electron chi connectivity index (χ3n) is 15.8. The first-order valence-electron chi connectivity index (χ1n) is 28.5. The van der Waals surface area contributed by atoms with E-state index in [1.54, 1.807) is 22.7 Å². The standard InChI is InChI=1S/C68H66N4S6/c1-3-5-7-9-11-13-15-17-21-45-25-27-47-43-49(57-37-39-61(75-57)55-35-33-53(59-23-19-41-73-59)65-67(55)71-77-69-65)29-31-51(47)63(45)64-46(22-18-16-14-12-10-8-6-4-2)26-28-48-44-50(30-32-52(48)64)58-38-40-62(76-58)56-36-34-54(60-24-20-42-74-60)66-68(56)72-78-70-66/h19-20,23-44H,3-18,21-22H2,1-2H3. The highest BCUT2D eigenvalue weighted by Gasteiger charge is 2.21. The van der Waals surface area contributed by atoms with Gasteiger partial charge in [-0.05, 0) is 140 Å². The molecule has 0 fully saturated rings. The SMILES string of the molecule is CCCCCCCCCCc1ccc2cc(-c3ccc(-c4ccc(-c5cccs5)c5nsnc45)s3)ccc2c1-c1c(CCCCCCCCCC)ccc2cc(-c3ccc(-c4ccc(-c5cccs5)c5nsnc45)s3)ccc12. The Hall–Kier alpha value is -5.72. The van der Waals surface area contributed by atoms with E-state index < -0.39 is 0 Å². The summed E-state index contributed by atoms with van der Waals surface area (Å²) in [4.78, 5) is 7.43. The van der Waals surface area contributed by atoms with Crippen LogP contribution >= 0.6 is 68.8 Å². The number of unbranched alkanes of at least 4 members (excludes halogenated alkanes) is 14. The van der Waals surface area contributed by atoms with E-state index in [9.17, 15) is 0 Å². The molecule has 10 heteroatoms. The van der Waals surface area contributed by atoms with Crippen LogP contribution < -0.4 is 0 Å². The lowest BCUT2D eigenvalue weighted by atomic mass is 9.83. The molecule has 0 atom stereocenters. The van der Waals surface area contributed by atoms with Gasteiger partial charge in [0.1, 0.15) is 22.1 Å². The number of nitrogens with zero attached hydrogens (tertiary/aromatic N) is 4. The van der Waals surface area contributed by atoms with E-state index in [0.717, 1.165) is 57.2 Å². The second kappa shape index (κ2) is 25.2. The fourth-order valence-electron chi connectivity index (χ4n) is 11.6. The maximum atomic E-state index is 4.84. The summed E-state index contributed by atoms with van der Waals surface area (Å²) >= 11 is 9.82. The normalized spacial score (nSPS) is 11.9. The van der Waals surface area contributed by atoms with Crippen LogP contribution in [0.3, 0.4) is 0 Å². The Morgan fingerprint density at radius 3 is 1.09 bits per heavy atom. The topological polar surface area (TPSA) is 51.6 Å². The fourth-order valence-corrected chi connectivity index (χ4v) is 16.3. The van der Waals surface area contributed by atoms with Crippen LogP contribution in [0.4, 0.5) is 0 Å². The Morgan fingerprint density at radius 2 is 0.705 bits per heavy atom. The maximum Gasteiger partial charge on any atom is 0.114 e. The first-order chi connectivity index (χ1) is 38.6. The summed E-state index contributed by atoms with van der Waals surface area (Å²) in [6, 6.07) is 51.1. The zero-order valence-electron chi connectivity index (χ0n) is 44.8. The van der Waals surface area contributed by atoms with Crippen LogP contribution in [0.15, 0.2) is 144 Å². The van der Waals surface area contributed by atoms with E-state index in [0.29, 0.717) is 0 Å². The van der Waals surface area contributed by atoms with E-state index in [1.165, 1.54) is 210 Å². The Kier molecular flexibility index (Phi) is 17.1. The summed E-state index contributed by atoms with van der Waals surface area (Å²) in [7, 11) is 0. The summed E-state index contributed by atoms with van der Waals surface area (Å²) in [5.41, 5.74) is 16.9. The lowest BCUT2D eigenvalue weighted by Gasteiger charge is -2.20. The predicted molar refractivity (Wildman–Crippen MR) is 346 cm³/mol. The number of hydrogen-bond donors (Lipinski definition) is 0. The van der Waals surface area contributed by atoms with Gasteiger partial charge in [-0.1, -0.05) is 189 Å². The molecular formula is C68H66N4S6. The van der Waals surface area contributed by atoms with Crippen LogP contribution in [0, 0.1) is 0 Å². The minimum atomic E-state index is 0.988. The molecule has 12 aromatic rings. The second-order valence-electron chi connectivity index (χ2n) is 21.0. The number of thiophene rings is 4. The molecule has 6 aromatic carbocycles. The van der Waals surface area contributed by atoms with Crippen LogP contribution in [0.25, 0.3) is 117 Å². The molecule has 0 N–H and O–H groups in total. The number of rotatable bonds is 25. The molecule has 0 spiro atoms. The lowest BCUT2D eigenvalue weighted by molar-refractivity contribution is 0.575. The van der Waals surface area contributed by atoms with Crippen LogP contribution in [-0.2, 0) is 12.8 Å². The number of aryl methyl sites for hydroxylation is 2. The van der Waals surface area contributed by atoms with Gasteiger partial charge < -0.3 is 0 Å². The average Bonchev–Trinajstić information content (AvgIpc) is 4.37. The molecule has 394 valence electrons. The van der Waals surface area contributed by atoms with Gasteiger partial charge in [-0.3, -0.25) is 0 Å². The van der Waals surface area contributed by atoms with Crippen LogP contribution in [-0.4, -0.2) is 17.5 Å². The molecule has 0 aliphatic heterocycles. The van der Waals surface area contributed by atoms with Gasteiger partial charge in [0.25, 0.3) is 0 Å². The van der Waals surface area contributed by atoms with Gasteiger partial charge >= 0.3 is 0 Å². The Labute approximate surface area is 484 Å². The number of hydrogen-bond acceptors (Lipinski definition) is 10. The predicted octanol–water partition coefficient (Wildman–Crippen LogP) is 23.3. The third kappa shape index (κ3) is 11.4. The smallest absolute Gasteiger partial charge is 0.114 e. The van der Waals surface area contributed by atoms with Crippen molar-refractivity contribution in [1.82, 2.24) is 17.5 Å². The highest BCUT2D eigenvalue weighted by molar-refractivity contribution is 7.19. The van der Waals surface area contributed by atoms with Crippen molar-refractivity contribution in [3.63, 3.8) is 0 Å². The largest absolute Gasteiger partial charge is 0.172 e. The van der Waals surface area contributed by atoms with Crippen molar-refractivity contribution >= 4 is 112 Å². The maximum absolute atomic E-state index is 4.84. The molecule has 0 radical (unpaired) electrons. The van der Waals surface area contributed by atoms with Crippen LogP contribution in [0.5, 0.6) is 0 Å². The fraction of sp³-hybridized carbons (Fsp3) is 0.294. The molecule has 6 aromatic heterocycles. The van der Waals surface area contributed by atoms with Gasteiger partial charge in [0, 0.05) is 51.5 Å². The molecule has 12 rings (SSSR count). The van der Waals surface area contributed by atoms with Gasteiger partial charge in [0.05, 0.1) is 23.5 Å². The van der Waals surface area contributed by atoms with Gasteiger partial charge in [-0.2, -0.15) is 17.5 Å². The second-order valence-corrected chi connectivity index (χ2v) is 26.2. The molecule has 78 heavy (non-hydrogen) atoms. The van der Waals surface area contributed by atoms with E-state index in [1.807, 2.05) is 22.7 Å². The molecule has 6 heterocycles. The van der Waals surface area contributed by atoms with Gasteiger partial charge in [0.2, 0.25) is 0 Å². The minimum absolute atomic E-state index is 0.988. The molecule has 0 bridgehead atoms. The monoisotopic (exact) mass is 1130 g/mol. The van der Waals surface area contributed by atoms with E-state index in [2.05, 4.69) is 158 Å². The average molecular weight is 1130 g/mol. The number of fused-ring (bicyclic) bond motifs is 4. The number of benzene rings is 6. The van der Waals surface area contributed by atoms with Crippen LogP contribution in [0.1, 0.15) is 128 Å². The summed E-state index contributed by atoms with van der Waals surface area (Å²) < 4.78 is 19.3. The Morgan fingerprint density at radius 1 is 0.333 bits per heavy atom. The highest BCUT2D eigenvalue weighted by atomic mass is 32.1. The quantitative estimate of drug-likeness (QED) is 0.0535. The summed E-state index contributed by atoms with van der Waals surface area (Å²) in [6.45, 7) is 4.62. The molecule has 0 unspecified atom stereocenters. The van der Waals surface area contributed by atoms with Crippen molar-refractivity contribution in [2.24, 2.45) is 0 Å². The molecule has 0 aliphatic rings. The Balaban J connectivity index is 0.911. The van der Waals surface area contributed by atoms with E-state index in [4.69, 9.17) is 17.5 Å². The Bertz CT molecular complexity index is 3670.